The van der Waals surface area contributed by atoms with Crippen LogP contribution in [0, 0.1) is 5.92 Å². The highest BCUT2D eigenvalue weighted by Crippen LogP contribution is 2.21. The summed E-state index contributed by atoms with van der Waals surface area (Å²) in [6, 6.07) is 10.3. The van der Waals surface area contributed by atoms with E-state index in [9.17, 15) is 14.4 Å². The standard InChI is InChI=1S/C23H32O6S/c1-17(29-18(2)24)20(12-8-14-21(22(25)27-3)23(26)28-4)13-9-15-30-16-19-10-6-5-7-11-19/h5-7,10-11,13,17,21H,8-9,12,14-16H2,1-4H3/b20-13+. The highest BCUT2D eigenvalue weighted by atomic mass is 32.2. The number of methoxy groups -OCH3 is 2. The number of allylic oxidation sites excluding steroid dienone is 1. The second kappa shape index (κ2) is 14.7. The summed E-state index contributed by atoms with van der Waals surface area (Å²) in [7, 11) is 2.50. The Morgan fingerprint density at radius 2 is 1.70 bits per heavy atom. The molecule has 0 aliphatic heterocycles. The number of ether oxygens (including phenoxy) is 3. The molecule has 0 N–H and O–H groups in total. The number of thioether (sulfide) groups is 1. The number of carbonyl (C=O) groups excluding carboxylic acids is 3. The quantitative estimate of drug-likeness (QED) is 0.150. The maximum atomic E-state index is 11.8. The van der Waals surface area contributed by atoms with Crippen molar-refractivity contribution in [3.63, 3.8) is 0 Å². The van der Waals surface area contributed by atoms with Crippen LogP contribution in [0.4, 0.5) is 0 Å². The molecule has 1 unspecified atom stereocenters. The largest absolute Gasteiger partial charge is 0.468 e. The van der Waals surface area contributed by atoms with Crippen LogP contribution in [-0.4, -0.2) is 44.0 Å². The van der Waals surface area contributed by atoms with Gasteiger partial charge in [0.25, 0.3) is 0 Å². The van der Waals surface area contributed by atoms with Crippen molar-refractivity contribution in [2.45, 2.75) is 51.4 Å². The van der Waals surface area contributed by atoms with E-state index in [-0.39, 0.29) is 12.1 Å². The molecule has 1 atom stereocenters. The van der Waals surface area contributed by atoms with E-state index in [0.29, 0.717) is 19.3 Å². The first-order valence-electron chi connectivity index (χ1n) is 10.0. The fraction of sp³-hybridized carbons (Fsp3) is 0.522. The highest BCUT2D eigenvalue weighted by Gasteiger charge is 2.28. The van der Waals surface area contributed by atoms with Gasteiger partial charge in [-0.25, -0.2) is 0 Å². The molecule has 0 aliphatic rings. The number of benzene rings is 1. The Morgan fingerprint density at radius 3 is 2.27 bits per heavy atom. The van der Waals surface area contributed by atoms with Crippen molar-refractivity contribution in [1.82, 2.24) is 0 Å². The SMILES string of the molecule is COC(=O)C(CCC/C(=C\CCSCc1ccccc1)C(C)OC(C)=O)C(=O)OC. The first kappa shape index (κ1) is 25.8. The number of esters is 3. The normalized spacial score (nSPS) is 12.4. The van der Waals surface area contributed by atoms with Gasteiger partial charge in [-0.1, -0.05) is 36.4 Å². The minimum atomic E-state index is -0.938. The van der Waals surface area contributed by atoms with E-state index in [1.54, 1.807) is 0 Å². The maximum absolute atomic E-state index is 11.8. The van der Waals surface area contributed by atoms with Crippen LogP contribution in [0.5, 0.6) is 0 Å². The molecule has 1 rings (SSSR count). The van der Waals surface area contributed by atoms with Crippen LogP contribution < -0.4 is 0 Å². The first-order valence-corrected chi connectivity index (χ1v) is 11.2. The lowest BCUT2D eigenvalue weighted by Gasteiger charge is -2.18. The molecule has 0 aliphatic carbocycles. The number of carbonyl (C=O) groups is 3. The predicted molar refractivity (Wildman–Crippen MR) is 118 cm³/mol. The van der Waals surface area contributed by atoms with Gasteiger partial charge >= 0.3 is 17.9 Å². The molecule has 1 aromatic carbocycles. The molecular formula is C23H32O6S. The van der Waals surface area contributed by atoms with Crippen LogP contribution in [0.1, 0.15) is 45.1 Å². The van der Waals surface area contributed by atoms with Gasteiger partial charge in [0.05, 0.1) is 14.2 Å². The summed E-state index contributed by atoms with van der Waals surface area (Å²) in [5.41, 5.74) is 2.27. The zero-order valence-electron chi connectivity index (χ0n) is 18.2. The minimum Gasteiger partial charge on any atom is -0.468 e. The van der Waals surface area contributed by atoms with Crippen molar-refractivity contribution in [3.05, 3.63) is 47.5 Å². The lowest BCUT2D eigenvalue weighted by atomic mass is 9.97. The van der Waals surface area contributed by atoms with Crippen LogP contribution in [0.25, 0.3) is 0 Å². The average Bonchev–Trinajstić information content (AvgIpc) is 2.74. The first-order chi connectivity index (χ1) is 14.4. The summed E-state index contributed by atoms with van der Waals surface area (Å²) < 4.78 is 14.7. The fourth-order valence-corrected chi connectivity index (χ4v) is 3.87. The summed E-state index contributed by atoms with van der Waals surface area (Å²) >= 11 is 1.84. The molecule has 0 aromatic heterocycles. The third kappa shape index (κ3) is 9.96. The van der Waals surface area contributed by atoms with Gasteiger partial charge in [-0.15, -0.1) is 0 Å². The van der Waals surface area contributed by atoms with Gasteiger partial charge in [-0.2, -0.15) is 11.8 Å². The predicted octanol–water partition coefficient (Wildman–Crippen LogP) is 4.32. The summed E-state index contributed by atoms with van der Waals surface area (Å²) in [6.45, 7) is 3.22. The van der Waals surface area contributed by atoms with Crippen LogP contribution in [0.3, 0.4) is 0 Å². The third-order valence-corrected chi connectivity index (χ3v) is 5.64. The summed E-state index contributed by atoms with van der Waals surface area (Å²) in [5.74, 6) is -0.585. The summed E-state index contributed by atoms with van der Waals surface area (Å²) in [4.78, 5) is 35.0. The molecule has 30 heavy (non-hydrogen) atoms. The number of hydrogen-bond acceptors (Lipinski definition) is 7. The van der Waals surface area contributed by atoms with Gasteiger partial charge in [0.2, 0.25) is 0 Å². The zero-order valence-corrected chi connectivity index (χ0v) is 19.0. The third-order valence-electron chi connectivity index (χ3n) is 4.57. The van der Waals surface area contributed by atoms with Crippen molar-refractivity contribution >= 4 is 29.7 Å². The van der Waals surface area contributed by atoms with Gasteiger partial charge in [0, 0.05) is 12.7 Å². The van der Waals surface area contributed by atoms with Crippen molar-refractivity contribution in [2.24, 2.45) is 5.92 Å². The van der Waals surface area contributed by atoms with E-state index in [1.807, 2.05) is 36.9 Å². The van der Waals surface area contributed by atoms with Crippen molar-refractivity contribution in [3.8, 4) is 0 Å². The van der Waals surface area contributed by atoms with Crippen LogP contribution in [-0.2, 0) is 34.3 Å². The number of hydrogen-bond donors (Lipinski definition) is 0. The van der Waals surface area contributed by atoms with Gasteiger partial charge < -0.3 is 14.2 Å². The molecule has 0 saturated heterocycles. The topological polar surface area (TPSA) is 78.9 Å². The molecule has 6 nitrogen and oxygen atoms in total. The van der Waals surface area contributed by atoms with Gasteiger partial charge in [0.1, 0.15) is 6.10 Å². The van der Waals surface area contributed by atoms with Crippen LogP contribution in [0.2, 0.25) is 0 Å². The smallest absolute Gasteiger partial charge is 0.320 e. The van der Waals surface area contributed by atoms with Crippen LogP contribution >= 0.6 is 11.8 Å². The summed E-state index contributed by atoms with van der Waals surface area (Å²) in [6.07, 6.45) is 4.08. The monoisotopic (exact) mass is 436 g/mol. The zero-order chi connectivity index (χ0) is 22.4. The average molecular weight is 437 g/mol. The molecule has 0 radical (unpaired) electrons. The van der Waals surface area contributed by atoms with E-state index in [2.05, 4.69) is 18.2 Å². The summed E-state index contributed by atoms with van der Waals surface area (Å²) in [5, 5.41) is 0. The van der Waals surface area contributed by atoms with Crippen molar-refractivity contribution in [1.29, 1.82) is 0 Å². The molecular weight excluding hydrogens is 404 g/mol. The maximum Gasteiger partial charge on any atom is 0.320 e. The highest BCUT2D eigenvalue weighted by molar-refractivity contribution is 7.98. The van der Waals surface area contributed by atoms with Gasteiger partial charge in [0.15, 0.2) is 5.92 Å². The van der Waals surface area contributed by atoms with Crippen molar-refractivity contribution < 1.29 is 28.6 Å². The Balaban J connectivity index is 2.61. The van der Waals surface area contributed by atoms with E-state index >= 15 is 0 Å². The second-order valence-electron chi connectivity index (χ2n) is 6.85. The van der Waals surface area contributed by atoms with E-state index in [4.69, 9.17) is 14.2 Å². The van der Waals surface area contributed by atoms with Gasteiger partial charge in [-0.3, -0.25) is 14.4 Å². The minimum absolute atomic E-state index is 0.312. The molecule has 0 amide bonds. The lowest BCUT2D eigenvalue weighted by Crippen LogP contribution is -2.26. The van der Waals surface area contributed by atoms with Gasteiger partial charge in [-0.05, 0) is 49.5 Å². The second-order valence-corrected chi connectivity index (χ2v) is 7.95. The Labute approximate surface area is 183 Å². The Hall–Kier alpha value is -2.28. The molecule has 0 fully saturated rings. The Morgan fingerprint density at radius 1 is 1.07 bits per heavy atom. The Kier molecular flexibility index (Phi) is 12.6. The van der Waals surface area contributed by atoms with Crippen LogP contribution in [0.15, 0.2) is 42.0 Å². The molecule has 0 bridgehead atoms. The lowest BCUT2D eigenvalue weighted by molar-refractivity contribution is -0.159. The molecule has 0 heterocycles. The molecule has 1 aromatic rings. The number of rotatable bonds is 13. The molecule has 166 valence electrons. The molecule has 0 saturated carbocycles. The van der Waals surface area contributed by atoms with Crippen molar-refractivity contribution in [2.75, 3.05) is 20.0 Å². The Bertz CT molecular complexity index is 685. The molecule has 7 heteroatoms. The fourth-order valence-electron chi connectivity index (χ4n) is 3.01. The van der Waals surface area contributed by atoms with E-state index < -0.39 is 17.9 Å². The van der Waals surface area contributed by atoms with E-state index in [1.165, 1.54) is 26.7 Å². The molecule has 0 spiro atoms. The van der Waals surface area contributed by atoms with E-state index in [0.717, 1.165) is 23.5 Å².